The Kier molecular flexibility index (Phi) is 7.56. The number of hydrogen-bond donors (Lipinski definition) is 2. The quantitative estimate of drug-likeness (QED) is 0.671. The third-order valence-electron chi connectivity index (χ3n) is 4.78. The highest BCUT2D eigenvalue weighted by atomic mass is 32.2. The Bertz CT molecular complexity index is 817. The number of rotatable bonds is 7. The number of hydrogen-bond acceptors (Lipinski definition) is 5. The van der Waals surface area contributed by atoms with Gasteiger partial charge in [0.05, 0.1) is 11.4 Å². The Morgan fingerprint density at radius 3 is 2.39 bits per heavy atom. The van der Waals surface area contributed by atoms with E-state index in [1.54, 1.807) is 19.9 Å². The third-order valence-corrected chi connectivity index (χ3v) is 6.82. The van der Waals surface area contributed by atoms with Gasteiger partial charge in [0.25, 0.3) is 0 Å². The van der Waals surface area contributed by atoms with E-state index in [1.807, 2.05) is 30.9 Å². The van der Waals surface area contributed by atoms with E-state index in [4.69, 9.17) is 0 Å². The number of sulfonamides is 1. The minimum absolute atomic E-state index is 0.140. The molecule has 1 atom stereocenters. The highest BCUT2D eigenvalue weighted by Gasteiger charge is 2.30. The number of piperazine rings is 1. The van der Waals surface area contributed by atoms with E-state index >= 15 is 0 Å². The fraction of sp³-hybridized carbons (Fsp3) is 0.579. The van der Waals surface area contributed by atoms with E-state index < -0.39 is 16.1 Å². The maximum absolute atomic E-state index is 13.0. The second-order valence-corrected chi connectivity index (χ2v) is 9.04. The average Bonchev–Trinajstić information content (AvgIpc) is 2.64. The molecule has 1 heterocycles. The number of carbonyl (C=O) groups excluding carboxylic acids is 2. The highest BCUT2D eigenvalue weighted by molar-refractivity contribution is 7.89. The molecule has 0 saturated carbocycles. The Balaban J connectivity index is 1.91. The van der Waals surface area contributed by atoms with Crippen molar-refractivity contribution in [3.05, 3.63) is 29.3 Å². The molecule has 2 amide bonds. The second-order valence-electron chi connectivity index (χ2n) is 7.13. The first-order chi connectivity index (χ1) is 13.1. The summed E-state index contributed by atoms with van der Waals surface area (Å²) in [6.45, 7) is 9.36. The molecule has 9 heteroatoms. The van der Waals surface area contributed by atoms with E-state index in [-0.39, 0.29) is 18.4 Å². The van der Waals surface area contributed by atoms with E-state index in [0.717, 1.165) is 11.1 Å². The van der Waals surface area contributed by atoms with Crippen LogP contribution in [0, 0.1) is 13.8 Å². The summed E-state index contributed by atoms with van der Waals surface area (Å²) in [7, 11) is -3.55. The van der Waals surface area contributed by atoms with Crippen molar-refractivity contribution in [2.24, 2.45) is 0 Å². The van der Waals surface area contributed by atoms with Crippen LogP contribution in [0.1, 0.15) is 25.0 Å². The van der Waals surface area contributed by atoms with E-state index in [2.05, 4.69) is 10.6 Å². The van der Waals surface area contributed by atoms with Gasteiger partial charge in [-0.15, -0.1) is 0 Å². The number of carbonyl (C=O) groups is 2. The number of amides is 2. The SMILES string of the molecule is CCNC(=O)[C@H](C)NC(=O)CN1CCN(S(=O)(=O)c2cc(C)ccc2C)CC1. The van der Waals surface area contributed by atoms with Crippen LogP contribution in [0.2, 0.25) is 0 Å². The summed E-state index contributed by atoms with van der Waals surface area (Å²) >= 11 is 0. The first kappa shape index (κ1) is 22.3. The van der Waals surface area contributed by atoms with Crippen molar-refractivity contribution in [1.82, 2.24) is 19.8 Å². The van der Waals surface area contributed by atoms with Crippen molar-refractivity contribution in [3.8, 4) is 0 Å². The van der Waals surface area contributed by atoms with Gasteiger partial charge >= 0.3 is 0 Å². The molecule has 0 unspecified atom stereocenters. The number of nitrogens with zero attached hydrogens (tertiary/aromatic N) is 2. The minimum Gasteiger partial charge on any atom is -0.355 e. The molecule has 1 aliphatic heterocycles. The van der Waals surface area contributed by atoms with Gasteiger partial charge in [-0.1, -0.05) is 12.1 Å². The zero-order valence-corrected chi connectivity index (χ0v) is 17.8. The van der Waals surface area contributed by atoms with E-state index in [1.165, 1.54) is 4.31 Å². The maximum Gasteiger partial charge on any atom is 0.243 e. The molecular formula is C19H30N4O4S. The summed E-state index contributed by atoms with van der Waals surface area (Å²) in [5.41, 5.74) is 1.63. The minimum atomic E-state index is -3.55. The van der Waals surface area contributed by atoms with Crippen molar-refractivity contribution < 1.29 is 18.0 Å². The van der Waals surface area contributed by atoms with Crippen LogP contribution < -0.4 is 10.6 Å². The van der Waals surface area contributed by atoms with E-state index in [0.29, 0.717) is 37.6 Å². The maximum atomic E-state index is 13.0. The monoisotopic (exact) mass is 410 g/mol. The number of likely N-dealkylation sites (N-methyl/N-ethyl adjacent to an activating group) is 1. The molecule has 0 bridgehead atoms. The van der Waals surface area contributed by atoms with Gasteiger partial charge in [-0.2, -0.15) is 4.31 Å². The van der Waals surface area contributed by atoms with Gasteiger partial charge in [0.2, 0.25) is 21.8 Å². The van der Waals surface area contributed by atoms with Gasteiger partial charge in [-0.3, -0.25) is 14.5 Å². The molecule has 1 aliphatic rings. The zero-order valence-electron chi connectivity index (χ0n) is 17.0. The van der Waals surface area contributed by atoms with Gasteiger partial charge in [-0.05, 0) is 44.9 Å². The summed E-state index contributed by atoms with van der Waals surface area (Å²) in [5, 5.41) is 5.33. The van der Waals surface area contributed by atoms with E-state index in [9.17, 15) is 18.0 Å². The molecule has 1 aromatic carbocycles. The van der Waals surface area contributed by atoms with Crippen molar-refractivity contribution in [1.29, 1.82) is 0 Å². The molecule has 1 aromatic rings. The summed E-state index contributed by atoms with van der Waals surface area (Å²) in [5.74, 6) is -0.468. The lowest BCUT2D eigenvalue weighted by Gasteiger charge is -2.34. The fourth-order valence-electron chi connectivity index (χ4n) is 3.14. The van der Waals surface area contributed by atoms with Crippen LogP contribution in [-0.4, -0.2) is 74.7 Å². The van der Waals surface area contributed by atoms with Gasteiger partial charge in [0, 0.05) is 32.7 Å². The lowest BCUT2D eigenvalue weighted by atomic mass is 10.2. The molecule has 0 aromatic heterocycles. The molecule has 2 N–H and O–H groups in total. The molecule has 0 aliphatic carbocycles. The van der Waals surface area contributed by atoms with Crippen LogP contribution in [-0.2, 0) is 19.6 Å². The van der Waals surface area contributed by atoms with Gasteiger partial charge in [-0.25, -0.2) is 8.42 Å². The van der Waals surface area contributed by atoms with Crippen molar-refractivity contribution in [2.75, 3.05) is 39.3 Å². The number of benzene rings is 1. The van der Waals surface area contributed by atoms with Crippen LogP contribution in [0.3, 0.4) is 0 Å². The number of aryl methyl sites for hydroxylation is 2. The zero-order chi connectivity index (χ0) is 20.9. The van der Waals surface area contributed by atoms with Crippen LogP contribution in [0.5, 0.6) is 0 Å². The Morgan fingerprint density at radius 1 is 1.14 bits per heavy atom. The summed E-state index contributed by atoms with van der Waals surface area (Å²) in [4.78, 5) is 26.1. The lowest BCUT2D eigenvalue weighted by molar-refractivity contribution is -0.129. The Morgan fingerprint density at radius 2 is 1.79 bits per heavy atom. The normalized spacial score (nSPS) is 17.1. The average molecular weight is 411 g/mol. The predicted octanol–water partition coefficient (Wildman–Crippen LogP) is 0.251. The van der Waals surface area contributed by atoms with Crippen molar-refractivity contribution >= 4 is 21.8 Å². The lowest BCUT2D eigenvalue weighted by Crippen LogP contribution is -2.53. The van der Waals surface area contributed by atoms with Crippen LogP contribution in [0.15, 0.2) is 23.1 Å². The highest BCUT2D eigenvalue weighted by Crippen LogP contribution is 2.22. The first-order valence-corrected chi connectivity index (χ1v) is 11.0. The number of nitrogens with one attached hydrogen (secondary N) is 2. The summed E-state index contributed by atoms with van der Waals surface area (Å²) in [6, 6.07) is 4.82. The smallest absolute Gasteiger partial charge is 0.243 e. The fourth-order valence-corrected chi connectivity index (χ4v) is 4.87. The predicted molar refractivity (Wildman–Crippen MR) is 107 cm³/mol. The standard InChI is InChI=1S/C19H30N4O4S/c1-5-20-19(25)16(4)21-18(24)13-22-8-10-23(11-9-22)28(26,27)17-12-14(2)6-7-15(17)3/h6-7,12,16H,5,8-11,13H2,1-4H3,(H,20,25)(H,21,24)/t16-/m0/s1. The van der Waals surface area contributed by atoms with Crippen molar-refractivity contribution in [3.63, 3.8) is 0 Å². The molecule has 0 spiro atoms. The molecule has 1 fully saturated rings. The molecule has 2 rings (SSSR count). The summed E-state index contributed by atoms with van der Waals surface area (Å²) in [6.07, 6.45) is 0. The third kappa shape index (κ3) is 5.52. The molecular weight excluding hydrogens is 380 g/mol. The molecule has 1 saturated heterocycles. The van der Waals surface area contributed by atoms with Crippen molar-refractivity contribution in [2.45, 2.75) is 38.6 Å². The Hall–Kier alpha value is -1.97. The van der Waals surface area contributed by atoms with Crippen LogP contribution >= 0.6 is 0 Å². The second kappa shape index (κ2) is 9.49. The van der Waals surface area contributed by atoms with Crippen LogP contribution in [0.25, 0.3) is 0 Å². The largest absolute Gasteiger partial charge is 0.355 e. The first-order valence-electron chi connectivity index (χ1n) is 9.52. The topological polar surface area (TPSA) is 98.8 Å². The molecule has 156 valence electrons. The van der Waals surface area contributed by atoms with Gasteiger partial charge in [0.1, 0.15) is 6.04 Å². The van der Waals surface area contributed by atoms with Crippen LogP contribution in [0.4, 0.5) is 0 Å². The molecule has 0 radical (unpaired) electrons. The Labute approximate surface area is 167 Å². The summed E-state index contributed by atoms with van der Waals surface area (Å²) < 4.78 is 27.4. The molecule has 8 nitrogen and oxygen atoms in total. The molecule has 28 heavy (non-hydrogen) atoms. The van der Waals surface area contributed by atoms with Gasteiger partial charge in [0.15, 0.2) is 0 Å². The van der Waals surface area contributed by atoms with Gasteiger partial charge < -0.3 is 10.6 Å².